The predicted octanol–water partition coefficient (Wildman–Crippen LogP) is 4.21. The number of halogens is 1. The fourth-order valence-electron chi connectivity index (χ4n) is 6.96. The zero-order chi connectivity index (χ0) is 50.3. The molecule has 4 heterocycles. The van der Waals surface area contributed by atoms with Gasteiger partial charge in [0.1, 0.15) is 0 Å². The van der Waals surface area contributed by atoms with Gasteiger partial charge in [-0.2, -0.15) is 20.7 Å². The lowest BCUT2D eigenvalue weighted by Crippen LogP contribution is -2.33. The molecule has 8 aromatic rings. The topological polar surface area (TPSA) is 262 Å². The number of anilines is 2. The number of hydrogen-bond donors (Lipinski definition) is 6. The molecule has 0 unspecified atom stereocenters. The van der Waals surface area contributed by atoms with Crippen LogP contribution in [0.2, 0.25) is 0 Å². The van der Waals surface area contributed by atoms with Crippen molar-refractivity contribution >= 4 is 74.5 Å². The molecule has 0 aliphatic heterocycles. The van der Waals surface area contributed by atoms with Gasteiger partial charge in [0, 0.05) is 78.8 Å². The summed E-state index contributed by atoms with van der Waals surface area (Å²) in [6, 6.07) is 37.5. The van der Waals surface area contributed by atoms with E-state index in [0.29, 0.717) is 50.2 Å². The smallest absolute Gasteiger partial charge is 0.423 e. The molecular formula is C50H44BBrN10O8. The summed E-state index contributed by atoms with van der Waals surface area (Å²) in [4.78, 5) is 52.0. The Morgan fingerprint density at radius 2 is 1.04 bits per heavy atom. The van der Waals surface area contributed by atoms with Crippen LogP contribution in [0.5, 0.6) is 0 Å². The van der Waals surface area contributed by atoms with Crippen LogP contribution in [0.1, 0.15) is 52.6 Å². The van der Waals surface area contributed by atoms with Crippen molar-refractivity contribution in [3.8, 4) is 23.3 Å². The summed E-state index contributed by atoms with van der Waals surface area (Å²) in [6.07, 6.45) is 6.80. The molecule has 0 spiro atoms. The lowest BCUT2D eigenvalue weighted by molar-refractivity contribution is 0.0955. The van der Waals surface area contributed by atoms with E-state index < -0.39 is 7.12 Å². The summed E-state index contributed by atoms with van der Waals surface area (Å²) in [5, 5.41) is 67.8. The average Bonchev–Trinajstić information content (AvgIpc) is 4.01. The third kappa shape index (κ3) is 12.1. The van der Waals surface area contributed by atoms with Gasteiger partial charge in [0.2, 0.25) is 0 Å². The first-order valence-electron chi connectivity index (χ1n) is 21.3. The van der Waals surface area contributed by atoms with E-state index in [-0.39, 0.29) is 49.9 Å². The Bertz CT molecular complexity index is 3200. The van der Waals surface area contributed by atoms with Crippen LogP contribution in [0.25, 0.3) is 22.2 Å². The van der Waals surface area contributed by atoms with Gasteiger partial charge in [-0.3, -0.25) is 19.2 Å². The molecule has 4 amide bonds. The molecule has 6 N–H and O–H groups in total. The van der Waals surface area contributed by atoms with Gasteiger partial charge in [0.15, 0.2) is 0 Å². The molecule has 4 aromatic carbocycles. The number of aliphatic hydroxyl groups excluding tert-OH is 2. The highest BCUT2D eigenvalue weighted by Gasteiger charge is 2.21. The summed E-state index contributed by atoms with van der Waals surface area (Å²) in [6.45, 7) is -0.0900. The first-order valence-corrected chi connectivity index (χ1v) is 22.1. The van der Waals surface area contributed by atoms with E-state index in [1.54, 1.807) is 126 Å². The Kier molecular flexibility index (Phi) is 17.4. The van der Waals surface area contributed by atoms with E-state index in [0.717, 1.165) is 26.6 Å². The Labute approximate surface area is 410 Å². The molecule has 0 atom stereocenters. The van der Waals surface area contributed by atoms with E-state index in [1.165, 1.54) is 41.1 Å². The first kappa shape index (κ1) is 50.9. The lowest BCUT2D eigenvalue weighted by atomic mass is 9.80. The van der Waals surface area contributed by atoms with Gasteiger partial charge >= 0.3 is 7.12 Å². The number of rotatable bonds is 12. The van der Waals surface area contributed by atoms with Gasteiger partial charge in [0.05, 0.1) is 64.4 Å². The second-order valence-corrected chi connectivity index (χ2v) is 15.8. The van der Waals surface area contributed by atoms with Crippen molar-refractivity contribution in [1.29, 1.82) is 10.5 Å². The van der Waals surface area contributed by atoms with Crippen molar-refractivity contribution in [2.45, 2.75) is 0 Å². The number of nitrogens with one attached hydrogen (secondary N) is 2. The van der Waals surface area contributed by atoms with Crippen molar-refractivity contribution in [2.75, 3.05) is 50.2 Å². The second-order valence-electron chi connectivity index (χ2n) is 15.0. The number of pyridine rings is 2. The summed E-state index contributed by atoms with van der Waals surface area (Å²) in [5.74, 6) is -0.872. The number of aromatic nitrogens is 4. The maximum atomic E-state index is 13.3. The van der Waals surface area contributed by atoms with Crippen LogP contribution in [0.15, 0.2) is 151 Å². The maximum absolute atomic E-state index is 13.3. The highest BCUT2D eigenvalue weighted by Crippen LogP contribution is 2.27. The Morgan fingerprint density at radius 3 is 1.47 bits per heavy atom. The fraction of sp³-hybridized carbons (Fsp3) is 0.120. The van der Waals surface area contributed by atoms with Crippen molar-refractivity contribution in [3.63, 3.8) is 0 Å². The van der Waals surface area contributed by atoms with Crippen LogP contribution in [0.3, 0.4) is 0 Å². The van der Waals surface area contributed by atoms with E-state index in [9.17, 15) is 29.4 Å². The third-order valence-electron chi connectivity index (χ3n) is 10.6. The number of fused-ring (bicyclic) bond motifs is 2. The highest BCUT2D eigenvalue weighted by molar-refractivity contribution is 9.10. The minimum absolute atomic E-state index is 0.114. The minimum atomic E-state index is -1.49. The molecule has 8 rings (SSSR count). The number of carbonyl (C=O) groups excluding carboxylic acids is 4. The fourth-order valence-corrected chi connectivity index (χ4v) is 7.34. The van der Waals surface area contributed by atoms with Gasteiger partial charge in [-0.25, -0.2) is 9.03 Å². The molecule has 0 fully saturated rings. The zero-order valence-corrected chi connectivity index (χ0v) is 39.2. The zero-order valence-electron chi connectivity index (χ0n) is 37.6. The van der Waals surface area contributed by atoms with E-state index in [2.05, 4.69) is 42.8 Å². The van der Waals surface area contributed by atoms with Crippen molar-refractivity contribution < 1.29 is 39.4 Å². The van der Waals surface area contributed by atoms with Crippen LogP contribution in [-0.2, 0) is 0 Å². The molecule has 0 aliphatic rings. The molecule has 18 nitrogen and oxygen atoms in total. The molecule has 20 heteroatoms. The second kappa shape index (κ2) is 24.0. The number of aliphatic hydroxyl groups is 2. The first-order chi connectivity index (χ1) is 33.8. The van der Waals surface area contributed by atoms with Gasteiger partial charge in [-0.05, 0) is 124 Å². The molecular weight excluding hydrogens is 959 g/mol. The Balaban J connectivity index is 0.000000189. The SMILES string of the molecule is CNC(=O)c1ccc(-c2cnn3ccc(C(=O)N(CCO)c4ccc(C#N)cc4)cc23)cc1.CNC(=O)c1ccc(B(O)O)cc1.N#Cc1ccc(N(CCO)C(=O)c2ccn3ncc(Br)c3c2)cc1. The van der Waals surface area contributed by atoms with Crippen LogP contribution in [0, 0.1) is 22.7 Å². The van der Waals surface area contributed by atoms with Gasteiger partial charge in [-0.1, -0.05) is 24.3 Å². The minimum Gasteiger partial charge on any atom is -0.423 e. The van der Waals surface area contributed by atoms with Gasteiger partial charge in [-0.15, -0.1) is 0 Å². The van der Waals surface area contributed by atoms with Crippen LogP contribution < -0.4 is 25.9 Å². The number of nitriles is 2. The molecule has 0 radical (unpaired) electrons. The largest absolute Gasteiger partial charge is 0.488 e. The third-order valence-corrected chi connectivity index (χ3v) is 11.2. The average molecular weight is 1000 g/mol. The van der Waals surface area contributed by atoms with Gasteiger partial charge < -0.3 is 40.7 Å². The Hall–Kier alpha value is -8.50. The number of amides is 4. The van der Waals surface area contributed by atoms with Crippen molar-refractivity contribution in [1.82, 2.24) is 29.9 Å². The van der Waals surface area contributed by atoms with Crippen molar-refractivity contribution in [2.24, 2.45) is 0 Å². The van der Waals surface area contributed by atoms with Crippen molar-refractivity contribution in [3.05, 3.63) is 184 Å². The molecule has 0 saturated heterocycles. The van der Waals surface area contributed by atoms with E-state index in [1.807, 2.05) is 18.2 Å². The number of benzene rings is 4. The number of nitrogens with zero attached hydrogens (tertiary/aromatic N) is 8. The van der Waals surface area contributed by atoms with E-state index in [4.69, 9.17) is 20.6 Å². The highest BCUT2D eigenvalue weighted by atomic mass is 79.9. The van der Waals surface area contributed by atoms with Crippen LogP contribution in [0.4, 0.5) is 11.4 Å². The monoisotopic (exact) mass is 1000 g/mol. The van der Waals surface area contributed by atoms with Crippen LogP contribution >= 0.6 is 15.9 Å². The predicted molar refractivity (Wildman–Crippen MR) is 266 cm³/mol. The number of carbonyl (C=O) groups is 4. The van der Waals surface area contributed by atoms with E-state index >= 15 is 0 Å². The molecule has 0 aliphatic carbocycles. The Morgan fingerprint density at radius 1 is 0.614 bits per heavy atom. The molecule has 0 bridgehead atoms. The summed E-state index contributed by atoms with van der Waals surface area (Å²) >= 11 is 3.40. The quantitative estimate of drug-likeness (QED) is 0.0942. The molecule has 70 heavy (non-hydrogen) atoms. The van der Waals surface area contributed by atoms with Crippen LogP contribution in [-0.4, -0.2) is 111 Å². The molecule has 0 saturated carbocycles. The summed E-state index contributed by atoms with van der Waals surface area (Å²) < 4.78 is 4.14. The standard InChI is InChI=1S/C25H21N5O3.C17H13BrN4O2.C8H10BNO3/c1-27-24(32)19-6-4-18(5-7-19)22-16-28-30-11-10-20(14-23(22)30)25(33)29(12-13-31)21-8-2-17(15-26)3-9-21;18-15-11-20-22-6-5-13(9-16(15)22)17(24)21(7-8-23)14-3-1-12(10-19)2-4-14;1-10-8(11)6-2-4-7(5-3-6)9(12)13/h2-11,14,16,31H,12-13H2,1H3,(H,27,32);1-6,9,11,23H,7-8H2;2-5,12-13H,1H3,(H,10,11). The molecule has 352 valence electrons. The number of hydrogen-bond acceptors (Lipinski definition) is 12. The summed E-state index contributed by atoms with van der Waals surface area (Å²) in [7, 11) is 1.63. The molecule has 4 aromatic heterocycles. The summed E-state index contributed by atoms with van der Waals surface area (Å²) in [5.41, 5.74) is 7.75. The maximum Gasteiger partial charge on any atom is 0.488 e. The lowest BCUT2D eigenvalue weighted by Gasteiger charge is -2.22. The van der Waals surface area contributed by atoms with Gasteiger partial charge in [0.25, 0.3) is 23.6 Å². The normalized spacial score (nSPS) is 10.4.